The fraction of sp³-hybridized carbons (Fsp3) is 0.0750. The normalized spacial score (nSPS) is 15.7. The average molecular weight is 1050 g/mol. The molecule has 0 saturated carbocycles. The van der Waals surface area contributed by atoms with E-state index >= 15 is 0 Å². The van der Waals surface area contributed by atoms with Crippen molar-refractivity contribution < 1.29 is 0 Å². The molecular formula is C80H56N2. The molecule has 2 nitrogen and oxygen atoms in total. The lowest BCUT2D eigenvalue weighted by molar-refractivity contribution is 0.637. The highest BCUT2D eigenvalue weighted by molar-refractivity contribution is 6.27. The topological polar surface area (TPSA) is 6.48 Å². The van der Waals surface area contributed by atoms with Gasteiger partial charge < -0.3 is 9.80 Å². The zero-order chi connectivity index (χ0) is 54.6. The van der Waals surface area contributed by atoms with Gasteiger partial charge in [0.05, 0.1) is 11.4 Å². The predicted octanol–water partition coefficient (Wildman–Crippen LogP) is 18.2. The minimum Gasteiger partial charge on any atom is -0.310 e. The molecule has 0 bridgehead atoms. The van der Waals surface area contributed by atoms with E-state index in [1.165, 1.54) is 129 Å². The number of nitrogens with zero attached hydrogens (tertiary/aromatic N) is 2. The summed E-state index contributed by atoms with van der Waals surface area (Å²) in [6.45, 7) is 9.63. The molecule has 4 aliphatic rings. The van der Waals surface area contributed by atoms with E-state index in [2.05, 4.69) is 304 Å². The lowest BCUT2D eigenvalue weighted by atomic mass is 9.76. The number of para-hydroxylation sites is 2. The minimum absolute atomic E-state index is 0.320. The van der Waals surface area contributed by atoms with Crippen LogP contribution in [0.1, 0.15) is 27.7 Å². The quantitative estimate of drug-likeness (QED) is 0.0930. The smallest absolute Gasteiger partial charge is 0.0619 e. The van der Waals surface area contributed by atoms with Gasteiger partial charge in [0, 0.05) is 55.1 Å². The molecule has 0 saturated heterocycles. The number of hydrogen-bond donors (Lipinski definition) is 0. The third kappa shape index (κ3) is 6.76. The molecule has 4 aliphatic carbocycles. The molecule has 82 heavy (non-hydrogen) atoms. The van der Waals surface area contributed by atoms with Gasteiger partial charge >= 0.3 is 0 Å². The second-order valence-electron chi connectivity index (χ2n) is 24.1. The molecule has 13 aromatic carbocycles. The molecule has 0 fully saturated rings. The third-order valence-corrected chi connectivity index (χ3v) is 18.3. The Labute approximate surface area is 476 Å². The van der Waals surface area contributed by atoms with Gasteiger partial charge in [0.25, 0.3) is 0 Å². The van der Waals surface area contributed by atoms with Gasteiger partial charge in [-0.15, -0.1) is 0 Å². The van der Waals surface area contributed by atoms with E-state index in [9.17, 15) is 0 Å². The van der Waals surface area contributed by atoms with Crippen molar-refractivity contribution in [3.8, 4) is 0 Å². The maximum Gasteiger partial charge on any atom is 0.0619 e. The number of anilines is 4. The van der Waals surface area contributed by atoms with Gasteiger partial charge in [-0.25, -0.2) is 0 Å². The Hall–Kier alpha value is -10.0. The van der Waals surface area contributed by atoms with Crippen molar-refractivity contribution in [1.82, 2.24) is 0 Å². The standard InChI is InChI=1S/C80H56N2/c1-79(2)47-55(41-51-39-49-43-71-61-31-15-11-27-57(61)59-29-13-17-33-63(59)73(71)45-69(49)75(51)79)81(53-23-7-5-8-24-53)77-65-35-19-21-37-67(65)78(68-38-22-20-36-66(68)77)82(54-25-9-6-10-26-54)56-42-52-40-50-44-72-62-32-16-12-28-58(62)60-30-14-18-34-64(60)74(72)46-70(50)76(52)80(3,4)48-56/h5-48H,1-4H3. The summed E-state index contributed by atoms with van der Waals surface area (Å²) >= 11 is 0. The average Bonchev–Trinajstić information content (AvgIpc) is 2.84. The second kappa shape index (κ2) is 17.2. The lowest BCUT2D eigenvalue weighted by Crippen LogP contribution is -2.30. The van der Waals surface area contributed by atoms with Crippen molar-refractivity contribution >= 4 is 132 Å². The van der Waals surface area contributed by atoms with E-state index in [0.29, 0.717) is 0 Å². The zero-order valence-corrected chi connectivity index (χ0v) is 46.3. The lowest BCUT2D eigenvalue weighted by Gasteiger charge is -2.38. The van der Waals surface area contributed by atoms with Crippen LogP contribution < -0.4 is 30.7 Å². The summed E-state index contributed by atoms with van der Waals surface area (Å²) in [7, 11) is 0. The molecule has 13 aromatic rings. The monoisotopic (exact) mass is 1040 g/mol. The van der Waals surface area contributed by atoms with Gasteiger partial charge in [-0.3, -0.25) is 0 Å². The second-order valence-corrected chi connectivity index (χ2v) is 24.1. The van der Waals surface area contributed by atoms with Gasteiger partial charge in [-0.05, 0) is 181 Å². The Balaban J connectivity index is 0.876. The molecule has 0 aromatic heterocycles. The van der Waals surface area contributed by atoms with Gasteiger partial charge in [0.2, 0.25) is 0 Å². The Morgan fingerprint density at radius 2 is 0.512 bits per heavy atom. The van der Waals surface area contributed by atoms with Crippen LogP contribution in [0.25, 0.3) is 109 Å². The summed E-state index contributed by atoms with van der Waals surface area (Å²) in [4.78, 5) is 5.10. The Morgan fingerprint density at radius 1 is 0.256 bits per heavy atom. The number of hydrogen-bond acceptors (Lipinski definition) is 2. The molecular weight excluding hydrogens is 989 g/mol. The molecule has 386 valence electrons. The predicted molar refractivity (Wildman–Crippen MR) is 351 cm³/mol. The summed E-state index contributed by atoms with van der Waals surface area (Å²) in [6, 6.07) is 85.9. The molecule has 17 rings (SSSR count). The molecule has 2 heteroatoms. The summed E-state index contributed by atoms with van der Waals surface area (Å²) < 4.78 is 0. The van der Waals surface area contributed by atoms with E-state index in [1.54, 1.807) is 0 Å². The van der Waals surface area contributed by atoms with Crippen LogP contribution in [0, 0.1) is 10.8 Å². The van der Waals surface area contributed by atoms with Crippen LogP contribution >= 0.6 is 0 Å². The highest BCUT2D eigenvalue weighted by Gasteiger charge is 2.36. The van der Waals surface area contributed by atoms with Crippen LogP contribution in [0.5, 0.6) is 0 Å². The summed E-state index contributed by atoms with van der Waals surface area (Å²) in [5.41, 5.74) is 11.5. The largest absolute Gasteiger partial charge is 0.310 e. The van der Waals surface area contributed by atoms with E-state index in [1.807, 2.05) is 0 Å². The molecule has 0 heterocycles. The van der Waals surface area contributed by atoms with Gasteiger partial charge in [0.1, 0.15) is 0 Å². The van der Waals surface area contributed by atoms with Crippen molar-refractivity contribution in [2.75, 3.05) is 9.80 Å². The number of rotatable bonds is 6. The first-order valence-electron chi connectivity index (χ1n) is 28.9. The summed E-state index contributed by atoms with van der Waals surface area (Å²) in [5.74, 6) is 0. The first kappa shape index (κ1) is 46.9. The molecule has 0 amide bonds. The molecule has 0 atom stereocenters. The molecule has 0 aliphatic heterocycles. The Morgan fingerprint density at radius 3 is 0.817 bits per heavy atom. The SMILES string of the molecule is CC1(C)C=C(N(c2ccccc2)c2c3ccccc3c(N(C3=CC(C)(C)C4=c5cc6c7ccccc7c7ccccc7c6cc5=CC4=C3)c3ccccc3)c3ccccc23)C=C2C=c3cc4c5ccccc5c5ccccc5c4cc3=C21. The van der Waals surface area contributed by atoms with E-state index in [-0.39, 0.29) is 10.8 Å². The van der Waals surface area contributed by atoms with Crippen LogP contribution in [0.2, 0.25) is 0 Å². The van der Waals surface area contributed by atoms with Gasteiger partial charge in [0.15, 0.2) is 0 Å². The van der Waals surface area contributed by atoms with Crippen LogP contribution in [0.4, 0.5) is 22.7 Å². The van der Waals surface area contributed by atoms with Crippen molar-refractivity contribution in [2.45, 2.75) is 27.7 Å². The third-order valence-electron chi connectivity index (χ3n) is 18.3. The number of fused-ring (bicyclic) bond motifs is 18. The fourth-order valence-corrected chi connectivity index (χ4v) is 15.1. The van der Waals surface area contributed by atoms with Gasteiger partial charge in [-0.1, -0.05) is 222 Å². The highest BCUT2D eigenvalue weighted by atomic mass is 15.2. The number of allylic oxidation sites excluding steroid dienone is 6. The highest BCUT2D eigenvalue weighted by Crippen LogP contribution is 2.53. The number of benzene rings is 13. The van der Waals surface area contributed by atoms with Crippen LogP contribution in [-0.4, -0.2) is 0 Å². The maximum atomic E-state index is 2.55. The fourth-order valence-electron chi connectivity index (χ4n) is 15.1. The van der Waals surface area contributed by atoms with Crippen molar-refractivity contribution in [3.63, 3.8) is 0 Å². The maximum absolute atomic E-state index is 2.55. The zero-order valence-electron chi connectivity index (χ0n) is 46.3. The summed E-state index contributed by atoms with van der Waals surface area (Å²) in [5, 5.41) is 25.5. The molecule has 0 unspecified atom stereocenters. The first-order valence-corrected chi connectivity index (χ1v) is 28.9. The van der Waals surface area contributed by atoms with Crippen LogP contribution in [0.3, 0.4) is 0 Å². The molecule has 0 N–H and O–H groups in total. The Kier molecular flexibility index (Phi) is 9.85. The van der Waals surface area contributed by atoms with Gasteiger partial charge in [-0.2, -0.15) is 0 Å². The van der Waals surface area contributed by atoms with Crippen molar-refractivity contribution in [2.24, 2.45) is 10.8 Å². The minimum atomic E-state index is -0.320. The van der Waals surface area contributed by atoms with E-state index in [4.69, 9.17) is 0 Å². The van der Waals surface area contributed by atoms with Crippen LogP contribution in [-0.2, 0) is 0 Å². The Bertz CT molecular complexity index is 5040. The first-order chi connectivity index (χ1) is 40.2. The van der Waals surface area contributed by atoms with E-state index < -0.39 is 0 Å². The van der Waals surface area contributed by atoms with Crippen molar-refractivity contribution in [1.29, 1.82) is 0 Å². The van der Waals surface area contributed by atoms with Crippen LogP contribution in [0.15, 0.2) is 277 Å². The summed E-state index contributed by atoms with van der Waals surface area (Å²) in [6.07, 6.45) is 14.9. The molecule has 0 spiro atoms. The van der Waals surface area contributed by atoms with E-state index in [0.717, 1.165) is 34.1 Å². The molecule has 0 radical (unpaired) electrons. The van der Waals surface area contributed by atoms with Crippen molar-refractivity contribution in [3.05, 3.63) is 298 Å².